The molecule has 42 heavy (non-hydrogen) atoms. The summed E-state index contributed by atoms with van der Waals surface area (Å²) in [6.45, 7) is -0.0362. The minimum Gasteiger partial charge on any atom is -0.459 e. The fourth-order valence-corrected chi connectivity index (χ4v) is 4.86. The lowest BCUT2D eigenvalue weighted by Crippen LogP contribution is -2.60. The van der Waals surface area contributed by atoms with E-state index in [9.17, 15) is 9.59 Å². The Morgan fingerprint density at radius 3 is 1.74 bits per heavy atom. The zero-order valence-corrected chi connectivity index (χ0v) is 22.7. The third-order valence-electron chi connectivity index (χ3n) is 6.88. The number of hydrazine groups is 1. The van der Waals surface area contributed by atoms with Gasteiger partial charge in [-0.3, -0.25) is 0 Å². The van der Waals surface area contributed by atoms with Crippen molar-refractivity contribution < 1.29 is 14.3 Å². The molecule has 5 aromatic carbocycles. The molecule has 0 bridgehead atoms. The second kappa shape index (κ2) is 12.2. The third kappa shape index (κ3) is 5.48. The van der Waals surface area contributed by atoms with Crippen molar-refractivity contribution >= 4 is 29.2 Å². The van der Waals surface area contributed by atoms with E-state index in [1.165, 1.54) is 5.01 Å². The van der Waals surface area contributed by atoms with Crippen molar-refractivity contribution in [2.24, 2.45) is 5.10 Å². The lowest BCUT2D eigenvalue weighted by molar-refractivity contribution is 0.0408. The van der Waals surface area contributed by atoms with Gasteiger partial charge < -0.3 is 4.74 Å². The lowest BCUT2D eigenvalue weighted by Gasteiger charge is -2.46. The highest BCUT2D eigenvalue weighted by molar-refractivity contribution is 6.13. The molecule has 1 unspecified atom stereocenters. The Morgan fingerprint density at radius 1 is 0.643 bits per heavy atom. The van der Waals surface area contributed by atoms with E-state index in [0.29, 0.717) is 22.8 Å². The largest absolute Gasteiger partial charge is 0.459 e. The van der Waals surface area contributed by atoms with Gasteiger partial charge in [-0.25, -0.2) is 14.6 Å². The van der Waals surface area contributed by atoms with E-state index in [4.69, 9.17) is 9.84 Å². The maximum atomic E-state index is 14.4. The SMILES string of the molecule is O=C(OCC(c1ccccc1)N1C(c2ccccc2)=NN(c2ccccc2)C(=O)N1c1ccccc1)c1ccccc1. The molecule has 0 aromatic heterocycles. The fraction of sp³-hybridized carbons (Fsp3) is 0.0571. The van der Waals surface area contributed by atoms with Crippen molar-refractivity contribution in [3.05, 3.63) is 168 Å². The Balaban J connectivity index is 1.52. The van der Waals surface area contributed by atoms with Crippen LogP contribution in [-0.4, -0.2) is 29.5 Å². The molecule has 0 saturated carbocycles. The molecule has 1 heterocycles. The number of rotatable bonds is 8. The maximum Gasteiger partial charge on any atom is 0.368 e. The number of para-hydroxylation sites is 2. The number of benzene rings is 5. The molecule has 2 amide bonds. The maximum absolute atomic E-state index is 14.4. The van der Waals surface area contributed by atoms with Crippen LogP contribution in [0.25, 0.3) is 0 Å². The Bertz CT molecular complexity index is 1660. The number of hydrogen-bond acceptors (Lipinski definition) is 5. The monoisotopic (exact) mass is 552 g/mol. The fourth-order valence-electron chi connectivity index (χ4n) is 4.86. The number of urea groups is 1. The second-order valence-corrected chi connectivity index (χ2v) is 9.60. The minimum absolute atomic E-state index is 0.0362. The number of esters is 1. The Hall–Kier alpha value is -5.69. The van der Waals surface area contributed by atoms with Gasteiger partial charge in [-0.15, -0.1) is 5.10 Å². The van der Waals surface area contributed by atoms with E-state index >= 15 is 0 Å². The van der Waals surface area contributed by atoms with Crippen molar-refractivity contribution in [2.45, 2.75) is 6.04 Å². The van der Waals surface area contributed by atoms with E-state index in [-0.39, 0.29) is 12.6 Å². The predicted molar refractivity (Wildman–Crippen MR) is 164 cm³/mol. The molecule has 7 heteroatoms. The standard InChI is InChI=1S/C35H28N4O3/c40-34(29-20-10-3-11-21-29)42-26-32(27-16-6-1-7-17-27)39-33(28-18-8-2-9-19-28)36-37(30-22-12-4-13-23-30)35(41)38(39)31-24-14-5-15-25-31/h1-25,32H,26H2. The number of carbonyl (C=O) groups is 2. The summed E-state index contributed by atoms with van der Waals surface area (Å²) in [6.07, 6.45) is 0. The van der Waals surface area contributed by atoms with Gasteiger partial charge in [0.05, 0.1) is 16.9 Å². The highest BCUT2D eigenvalue weighted by Crippen LogP contribution is 2.35. The number of amidine groups is 1. The molecule has 0 radical (unpaired) electrons. The normalized spacial score (nSPS) is 13.9. The topological polar surface area (TPSA) is 65.5 Å². The van der Waals surface area contributed by atoms with Crippen LogP contribution in [0.1, 0.15) is 27.5 Å². The summed E-state index contributed by atoms with van der Waals surface area (Å²) in [5, 5.41) is 9.78. The van der Waals surface area contributed by atoms with Crippen molar-refractivity contribution in [3.63, 3.8) is 0 Å². The van der Waals surface area contributed by atoms with Gasteiger partial charge in [-0.05, 0) is 42.0 Å². The van der Waals surface area contributed by atoms with Crippen molar-refractivity contribution in [1.82, 2.24) is 5.01 Å². The van der Waals surface area contributed by atoms with Crippen LogP contribution in [0.3, 0.4) is 0 Å². The number of ether oxygens (including phenoxy) is 1. The molecule has 0 saturated heterocycles. The van der Waals surface area contributed by atoms with Gasteiger partial charge >= 0.3 is 12.0 Å². The van der Waals surface area contributed by atoms with Gasteiger partial charge in [-0.2, -0.15) is 10.0 Å². The Kier molecular flexibility index (Phi) is 7.72. The Labute approximate surface area is 244 Å². The molecule has 0 fully saturated rings. The summed E-state index contributed by atoms with van der Waals surface area (Å²) >= 11 is 0. The van der Waals surface area contributed by atoms with Gasteiger partial charge in [0.1, 0.15) is 12.6 Å². The number of nitrogens with zero attached hydrogens (tertiary/aromatic N) is 4. The molecule has 206 valence electrons. The molecule has 5 aromatic rings. The summed E-state index contributed by atoms with van der Waals surface area (Å²) in [6, 6.07) is 46.0. The average molecular weight is 553 g/mol. The first-order chi connectivity index (χ1) is 20.7. The van der Waals surface area contributed by atoms with E-state index in [2.05, 4.69) is 0 Å². The molecular formula is C35H28N4O3. The highest BCUT2D eigenvalue weighted by Gasteiger charge is 2.41. The smallest absolute Gasteiger partial charge is 0.368 e. The van der Waals surface area contributed by atoms with Crippen LogP contribution >= 0.6 is 0 Å². The average Bonchev–Trinajstić information content (AvgIpc) is 3.07. The number of anilines is 2. The highest BCUT2D eigenvalue weighted by atomic mass is 16.5. The molecular weight excluding hydrogens is 524 g/mol. The zero-order chi connectivity index (χ0) is 28.7. The van der Waals surface area contributed by atoms with Crippen LogP contribution in [0, 0.1) is 0 Å². The summed E-state index contributed by atoms with van der Waals surface area (Å²) in [5.74, 6) is 0.0720. The van der Waals surface area contributed by atoms with Crippen molar-refractivity contribution in [3.8, 4) is 0 Å². The summed E-state index contributed by atoms with van der Waals surface area (Å²) in [7, 11) is 0. The lowest BCUT2D eigenvalue weighted by atomic mass is 10.0. The number of hydrazone groups is 1. The summed E-state index contributed by atoms with van der Waals surface area (Å²) in [4.78, 5) is 27.5. The first-order valence-electron chi connectivity index (χ1n) is 13.7. The molecule has 0 spiro atoms. The van der Waals surface area contributed by atoms with Gasteiger partial charge in [0.25, 0.3) is 0 Å². The minimum atomic E-state index is -0.597. The van der Waals surface area contributed by atoms with E-state index in [1.807, 2.05) is 132 Å². The van der Waals surface area contributed by atoms with E-state index in [0.717, 1.165) is 11.1 Å². The van der Waals surface area contributed by atoms with Crippen LogP contribution in [0.5, 0.6) is 0 Å². The summed E-state index contributed by atoms with van der Waals surface area (Å²) in [5.41, 5.74) is 3.36. The first-order valence-corrected chi connectivity index (χ1v) is 13.7. The third-order valence-corrected chi connectivity index (χ3v) is 6.88. The van der Waals surface area contributed by atoms with Crippen molar-refractivity contribution in [1.29, 1.82) is 0 Å². The molecule has 0 aliphatic carbocycles. The molecule has 0 N–H and O–H groups in total. The summed E-state index contributed by atoms with van der Waals surface area (Å²) < 4.78 is 5.93. The predicted octanol–water partition coefficient (Wildman–Crippen LogP) is 7.31. The van der Waals surface area contributed by atoms with Crippen LogP contribution in [0.4, 0.5) is 16.2 Å². The quantitative estimate of drug-likeness (QED) is 0.189. The molecule has 1 aliphatic rings. The van der Waals surface area contributed by atoms with Gasteiger partial charge in [0.2, 0.25) is 0 Å². The second-order valence-electron chi connectivity index (χ2n) is 9.60. The molecule has 1 atom stereocenters. The molecule has 7 nitrogen and oxygen atoms in total. The number of amides is 2. The van der Waals surface area contributed by atoms with Gasteiger partial charge in [0, 0.05) is 5.56 Å². The van der Waals surface area contributed by atoms with Crippen LogP contribution in [0.15, 0.2) is 157 Å². The Morgan fingerprint density at radius 2 is 1.14 bits per heavy atom. The van der Waals surface area contributed by atoms with E-state index < -0.39 is 12.0 Å². The van der Waals surface area contributed by atoms with E-state index in [1.54, 1.807) is 29.3 Å². The molecule has 1 aliphatic heterocycles. The first kappa shape index (κ1) is 26.5. The van der Waals surface area contributed by atoms with Crippen LogP contribution < -0.4 is 10.0 Å². The van der Waals surface area contributed by atoms with Crippen molar-refractivity contribution in [2.75, 3.05) is 16.6 Å². The zero-order valence-electron chi connectivity index (χ0n) is 22.7. The molecule has 6 rings (SSSR count). The number of carbonyl (C=O) groups excluding carboxylic acids is 2. The van der Waals surface area contributed by atoms with Crippen LogP contribution in [0.2, 0.25) is 0 Å². The van der Waals surface area contributed by atoms with Crippen LogP contribution in [-0.2, 0) is 4.74 Å². The van der Waals surface area contributed by atoms with Gasteiger partial charge in [-0.1, -0.05) is 115 Å². The number of hydrogen-bond donors (Lipinski definition) is 0. The van der Waals surface area contributed by atoms with Gasteiger partial charge in [0.15, 0.2) is 5.84 Å².